The van der Waals surface area contributed by atoms with E-state index in [4.69, 9.17) is 5.73 Å². The molecule has 3 nitrogen and oxygen atoms in total. The van der Waals surface area contributed by atoms with Gasteiger partial charge in [0.1, 0.15) is 0 Å². The van der Waals surface area contributed by atoms with Gasteiger partial charge in [-0.25, -0.2) is 0 Å². The number of nitrogen functional groups attached to an aromatic ring is 1. The second kappa shape index (κ2) is 5.45. The van der Waals surface area contributed by atoms with Gasteiger partial charge in [0.25, 0.3) is 0 Å². The largest absolute Gasteiger partial charge is 0.398 e. The summed E-state index contributed by atoms with van der Waals surface area (Å²) in [7, 11) is 0. The molecule has 0 spiro atoms. The number of nitrogens with one attached hydrogen (secondary N) is 1. The van der Waals surface area contributed by atoms with Gasteiger partial charge in [-0.2, -0.15) is 0 Å². The van der Waals surface area contributed by atoms with E-state index in [2.05, 4.69) is 10.3 Å². The average Bonchev–Trinajstić information content (AvgIpc) is 2.50. The first-order chi connectivity index (χ1) is 9.83. The van der Waals surface area contributed by atoms with Gasteiger partial charge in [-0.3, -0.25) is 4.98 Å². The van der Waals surface area contributed by atoms with Crippen LogP contribution in [0.25, 0.3) is 11.1 Å². The third-order valence-corrected chi connectivity index (χ3v) is 3.11. The normalized spacial score (nSPS) is 10.2. The zero-order valence-electron chi connectivity index (χ0n) is 11.0. The monoisotopic (exact) mass is 261 g/mol. The second-order valence-corrected chi connectivity index (χ2v) is 4.53. The lowest BCUT2D eigenvalue weighted by Crippen LogP contribution is -1.92. The second-order valence-electron chi connectivity index (χ2n) is 4.53. The number of pyridine rings is 1. The SMILES string of the molecule is Nc1ccncc1-c1ccc(Nc2ccccc2)cc1. The third kappa shape index (κ3) is 2.62. The molecule has 0 amide bonds. The van der Waals surface area contributed by atoms with E-state index < -0.39 is 0 Å². The average molecular weight is 261 g/mol. The van der Waals surface area contributed by atoms with Gasteiger partial charge in [0.05, 0.1) is 0 Å². The highest BCUT2D eigenvalue weighted by atomic mass is 14.9. The van der Waals surface area contributed by atoms with Crippen LogP contribution in [0.4, 0.5) is 17.1 Å². The molecular weight excluding hydrogens is 246 g/mol. The predicted molar refractivity (Wildman–Crippen MR) is 83.8 cm³/mol. The van der Waals surface area contributed by atoms with Crippen molar-refractivity contribution in [3.8, 4) is 11.1 Å². The zero-order valence-corrected chi connectivity index (χ0v) is 11.0. The Bertz CT molecular complexity index is 691. The molecule has 0 bridgehead atoms. The summed E-state index contributed by atoms with van der Waals surface area (Å²) in [5, 5.41) is 3.35. The van der Waals surface area contributed by atoms with E-state index in [0.717, 1.165) is 28.2 Å². The van der Waals surface area contributed by atoms with Crippen LogP contribution in [-0.2, 0) is 0 Å². The molecule has 3 aromatic rings. The predicted octanol–water partition coefficient (Wildman–Crippen LogP) is 4.07. The van der Waals surface area contributed by atoms with Crippen molar-refractivity contribution in [2.75, 3.05) is 11.1 Å². The Morgan fingerprint density at radius 3 is 2.20 bits per heavy atom. The first-order valence-electron chi connectivity index (χ1n) is 6.45. The number of nitrogens with zero attached hydrogens (tertiary/aromatic N) is 1. The fourth-order valence-corrected chi connectivity index (χ4v) is 2.07. The van der Waals surface area contributed by atoms with Gasteiger partial charge in [0.2, 0.25) is 0 Å². The van der Waals surface area contributed by atoms with E-state index in [9.17, 15) is 0 Å². The summed E-state index contributed by atoms with van der Waals surface area (Å²) in [5.74, 6) is 0. The highest BCUT2D eigenvalue weighted by Gasteiger charge is 2.02. The minimum Gasteiger partial charge on any atom is -0.398 e. The molecule has 98 valence electrons. The van der Waals surface area contributed by atoms with Crippen LogP contribution in [-0.4, -0.2) is 4.98 Å². The molecule has 0 aliphatic heterocycles. The van der Waals surface area contributed by atoms with Gasteiger partial charge in [-0.15, -0.1) is 0 Å². The van der Waals surface area contributed by atoms with Crippen LogP contribution in [0, 0.1) is 0 Å². The van der Waals surface area contributed by atoms with Crippen molar-refractivity contribution in [3.63, 3.8) is 0 Å². The Kier molecular flexibility index (Phi) is 3.33. The molecule has 0 unspecified atom stereocenters. The molecule has 0 fully saturated rings. The van der Waals surface area contributed by atoms with Crippen LogP contribution in [0.5, 0.6) is 0 Å². The number of nitrogens with two attached hydrogens (primary N) is 1. The molecule has 0 saturated carbocycles. The van der Waals surface area contributed by atoms with Crippen LogP contribution in [0.1, 0.15) is 0 Å². The number of hydrogen-bond acceptors (Lipinski definition) is 3. The molecular formula is C17H15N3. The summed E-state index contributed by atoms with van der Waals surface area (Å²) in [4.78, 5) is 4.12. The summed E-state index contributed by atoms with van der Waals surface area (Å²) in [6, 6.07) is 20.0. The Balaban J connectivity index is 1.83. The molecule has 3 rings (SSSR count). The molecule has 0 aliphatic carbocycles. The van der Waals surface area contributed by atoms with Crippen LogP contribution in [0.15, 0.2) is 73.1 Å². The number of anilines is 3. The number of benzene rings is 2. The summed E-state index contributed by atoms with van der Waals surface area (Å²) in [6.07, 6.45) is 3.49. The maximum Gasteiger partial charge on any atom is 0.0424 e. The van der Waals surface area contributed by atoms with Crippen molar-refractivity contribution < 1.29 is 0 Å². The minimum atomic E-state index is 0.740. The maximum atomic E-state index is 5.96. The van der Waals surface area contributed by atoms with E-state index in [1.807, 2.05) is 60.7 Å². The lowest BCUT2D eigenvalue weighted by Gasteiger charge is -2.08. The first-order valence-corrected chi connectivity index (χ1v) is 6.45. The molecule has 3 N–H and O–H groups in total. The fourth-order valence-electron chi connectivity index (χ4n) is 2.07. The lowest BCUT2D eigenvalue weighted by atomic mass is 10.1. The summed E-state index contributed by atoms with van der Waals surface area (Å²) < 4.78 is 0. The first kappa shape index (κ1) is 12.2. The van der Waals surface area contributed by atoms with Gasteiger partial charge in [0, 0.05) is 35.0 Å². The van der Waals surface area contributed by atoms with E-state index in [1.165, 1.54) is 0 Å². The molecule has 2 aromatic carbocycles. The molecule has 0 saturated heterocycles. The van der Waals surface area contributed by atoms with Gasteiger partial charge in [-0.1, -0.05) is 30.3 Å². The minimum absolute atomic E-state index is 0.740. The molecule has 1 heterocycles. The third-order valence-electron chi connectivity index (χ3n) is 3.11. The van der Waals surface area contributed by atoms with Crippen molar-refractivity contribution in [1.29, 1.82) is 0 Å². The lowest BCUT2D eigenvalue weighted by molar-refractivity contribution is 1.33. The van der Waals surface area contributed by atoms with Crippen molar-refractivity contribution in [2.45, 2.75) is 0 Å². The van der Waals surface area contributed by atoms with Crippen LogP contribution in [0.3, 0.4) is 0 Å². The van der Waals surface area contributed by atoms with Crippen molar-refractivity contribution in [1.82, 2.24) is 4.98 Å². The topological polar surface area (TPSA) is 50.9 Å². The molecule has 0 aliphatic rings. The van der Waals surface area contributed by atoms with Crippen LogP contribution >= 0.6 is 0 Å². The smallest absolute Gasteiger partial charge is 0.0424 e. The summed E-state index contributed by atoms with van der Waals surface area (Å²) >= 11 is 0. The Morgan fingerprint density at radius 2 is 1.50 bits per heavy atom. The van der Waals surface area contributed by atoms with Crippen LogP contribution in [0.2, 0.25) is 0 Å². The van der Waals surface area contributed by atoms with E-state index in [1.54, 1.807) is 12.4 Å². The Hall–Kier alpha value is -2.81. The Morgan fingerprint density at radius 1 is 0.800 bits per heavy atom. The Labute approximate surface area is 118 Å². The zero-order chi connectivity index (χ0) is 13.8. The number of rotatable bonds is 3. The quantitative estimate of drug-likeness (QED) is 0.747. The standard InChI is InChI=1S/C17H15N3/c18-17-10-11-19-12-16(17)13-6-8-15(9-7-13)20-14-4-2-1-3-5-14/h1-12,20H,(H2,18,19). The number of para-hydroxylation sites is 1. The van der Waals surface area contributed by atoms with Gasteiger partial charge in [-0.05, 0) is 35.9 Å². The maximum absolute atomic E-state index is 5.96. The van der Waals surface area contributed by atoms with Crippen molar-refractivity contribution >= 4 is 17.1 Å². The van der Waals surface area contributed by atoms with E-state index in [0.29, 0.717) is 0 Å². The van der Waals surface area contributed by atoms with E-state index in [-0.39, 0.29) is 0 Å². The van der Waals surface area contributed by atoms with Crippen LogP contribution < -0.4 is 11.1 Å². The molecule has 0 atom stereocenters. The summed E-state index contributed by atoms with van der Waals surface area (Å²) in [5.41, 5.74) is 10.8. The molecule has 0 radical (unpaired) electrons. The molecule has 20 heavy (non-hydrogen) atoms. The van der Waals surface area contributed by atoms with E-state index >= 15 is 0 Å². The molecule has 3 heteroatoms. The highest BCUT2D eigenvalue weighted by Crippen LogP contribution is 2.26. The van der Waals surface area contributed by atoms with Gasteiger partial charge in [0.15, 0.2) is 0 Å². The fraction of sp³-hybridized carbons (Fsp3) is 0. The van der Waals surface area contributed by atoms with Crippen molar-refractivity contribution in [3.05, 3.63) is 73.1 Å². The number of aromatic nitrogens is 1. The molecule has 1 aromatic heterocycles. The van der Waals surface area contributed by atoms with Gasteiger partial charge >= 0.3 is 0 Å². The van der Waals surface area contributed by atoms with Crippen molar-refractivity contribution in [2.24, 2.45) is 0 Å². The van der Waals surface area contributed by atoms with Gasteiger partial charge < -0.3 is 11.1 Å². The number of hydrogen-bond donors (Lipinski definition) is 2. The summed E-state index contributed by atoms with van der Waals surface area (Å²) in [6.45, 7) is 0. The highest BCUT2D eigenvalue weighted by molar-refractivity contribution is 5.76.